The zero-order chi connectivity index (χ0) is 19.4. The third kappa shape index (κ3) is 4.17. The Hall–Kier alpha value is -3.55. The van der Waals surface area contributed by atoms with Gasteiger partial charge in [-0.05, 0) is 52.6 Å². The van der Waals surface area contributed by atoms with Gasteiger partial charge in [-0.3, -0.25) is 4.79 Å². The Kier molecular flexibility index (Phi) is 5.25. The van der Waals surface area contributed by atoms with Crippen LogP contribution in [-0.4, -0.2) is 24.4 Å². The molecule has 0 spiro atoms. The Morgan fingerprint density at radius 2 is 1.74 bits per heavy atom. The zero-order valence-corrected chi connectivity index (χ0v) is 15.3. The molecule has 138 valence electrons. The Morgan fingerprint density at radius 1 is 1.07 bits per heavy atom. The van der Waals surface area contributed by atoms with Gasteiger partial charge in [0.25, 0.3) is 0 Å². The van der Waals surface area contributed by atoms with Crippen LogP contribution >= 0.6 is 0 Å². The monoisotopic (exact) mass is 363 g/mol. The summed E-state index contributed by atoms with van der Waals surface area (Å²) < 4.78 is 0. The molecule has 0 unspecified atom stereocenters. The lowest BCUT2D eigenvalue weighted by Crippen LogP contribution is -2.37. The van der Waals surface area contributed by atoms with Crippen LogP contribution in [0.3, 0.4) is 0 Å². The fourth-order valence-electron chi connectivity index (χ4n) is 2.61. The molecule has 2 aromatic rings. The van der Waals surface area contributed by atoms with Crippen molar-refractivity contribution in [2.45, 2.75) is 13.8 Å². The number of likely N-dealkylation sites (N-methyl/N-ethyl adjacent to an activating group) is 1. The Bertz CT molecular complexity index is 1020. The lowest BCUT2D eigenvalue weighted by atomic mass is 10.1. The molecule has 2 aromatic carbocycles. The molecular weight excluding hydrogens is 344 g/mol. The van der Waals surface area contributed by atoms with Crippen LogP contribution in [0.5, 0.6) is 0 Å². The molecule has 0 fully saturated rings. The van der Waals surface area contributed by atoms with Crippen LogP contribution in [0.4, 0.5) is 5.69 Å². The van der Waals surface area contributed by atoms with Crippen LogP contribution in [0, 0.1) is 13.8 Å². The Balaban J connectivity index is 1.74. The smallest absolute Gasteiger partial charge is 0.243 e. The Morgan fingerprint density at radius 3 is 2.41 bits per heavy atom. The van der Waals surface area contributed by atoms with E-state index >= 15 is 0 Å². The van der Waals surface area contributed by atoms with Gasteiger partial charge in [-0.1, -0.05) is 36.4 Å². The topological polar surface area (TPSA) is 105 Å². The summed E-state index contributed by atoms with van der Waals surface area (Å²) in [7, 11) is 1.59. The van der Waals surface area contributed by atoms with Gasteiger partial charge in [0.1, 0.15) is 0 Å². The van der Waals surface area contributed by atoms with Gasteiger partial charge < -0.3 is 15.3 Å². The van der Waals surface area contributed by atoms with Gasteiger partial charge in [-0.15, -0.1) is 10.2 Å². The molecule has 0 aromatic heterocycles. The number of anilines is 1. The fraction of sp³-hybridized carbons (Fsp3) is 0.211. The minimum atomic E-state index is -0.252. The number of hydrogen-bond acceptors (Lipinski definition) is 7. The molecule has 1 aliphatic heterocycles. The predicted octanol–water partition coefficient (Wildman–Crippen LogP) is 1.20. The van der Waals surface area contributed by atoms with Gasteiger partial charge in [-0.25, -0.2) is 0 Å². The van der Waals surface area contributed by atoms with E-state index < -0.39 is 0 Å². The molecular formula is C19H19N6O2-. The van der Waals surface area contributed by atoms with E-state index in [9.17, 15) is 9.90 Å². The number of carbonyl (C=O) groups is 1. The highest BCUT2D eigenvalue weighted by molar-refractivity contribution is 5.93. The molecule has 0 bridgehead atoms. The Labute approximate surface area is 156 Å². The van der Waals surface area contributed by atoms with Crippen molar-refractivity contribution in [3.05, 3.63) is 64.0 Å². The van der Waals surface area contributed by atoms with Crippen LogP contribution in [0.25, 0.3) is 11.7 Å². The minimum absolute atomic E-state index is 0.0478. The molecule has 1 N–H and O–H groups in total. The minimum Gasteiger partial charge on any atom is -0.860 e. The number of hydrogen-bond donors (Lipinski definition) is 1. The summed E-state index contributed by atoms with van der Waals surface area (Å²) in [6.07, 6.45) is 0. The van der Waals surface area contributed by atoms with Crippen LogP contribution in [0.15, 0.2) is 63.1 Å². The second kappa shape index (κ2) is 7.77. The molecule has 1 heterocycles. The molecule has 0 atom stereocenters. The van der Waals surface area contributed by atoms with Crippen LogP contribution in [0.2, 0.25) is 0 Å². The van der Waals surface area contributed by atoms with Crippen LogP contribution in [0.1, 0.15) is 11.1 Å². The molecule has 3 rings (SSSR count). The summed E-state index contributed by atoms with van der Waals surface area (Å²) in [6, 6.07) is 12.5. The van der Waals surface area contributed by atoms with Crippen molar-refractivity contribution < 1.29 is 9.90 Å². The molecule has 27 heavy (non-hydrogen) atoms. The predicted molar refractivity (Wildman–Crippen MR) is 99.4 cm³/mol. The molecule has 1 aliphatic rings. The fourth-order valence-corrected chi connectivity index (χ4v) is 2.61. The molecule has 0 radical (unpaired) electrons. The number of nitrogens with one attached hydrogen (secondary N) is 1. The maximum Gasteiger partial charge on any atom is 0.243 e. The summed E-state index contributed by atoms with van der Waals surface area (Å²) in [4.78, 5) is 13.7. The van der Waals surface area contributed by atoms with Crippen molar-refractivity contribution in [1.29, 1.82) is 0 Å². The van der Waals surface area contributed by atoms with Gasteiger partial charge >= 0.3 is 0 Å². The van der Waals surface area contributed by atoms with Gasteiger partial charge in [0.05, 0.1) is 6.54 Å². The highest BCUT2D eigenvalue weighted by Crippen LogP contribution is 2.17. The summed E-state index contributed by atoms with van der Waals surface area (Å²) >= 11 is 0. The lowest BCUT2D eigenvalue weighted by Gasteiger charge is -2.26. The molecule has 1 amide bonds. The van der Waals surface area contributed by atoms with Gasteiger partial charge in [0.15, 0.2) is 0 Å². The normalized spacial score (nSPS) is 12.3. The van der Waals surface area contributed by atoms with Gasteiger partial charge in [-0.2, -0.15) is 0 Å². The van der Waals surface area contributed by atoms with E-state index in [1.54, 1.807) is 31.3 Å². The quantitative estimate of drug-likeness (QED) is 0.882. The number of amides is 1. The average Bonchev–Trinajstić information content (AvgIpc) is 3.19. The summed E-state index contributed by atoms with van der Waals surface area (Å²) in [5, 5.41) is 31.0. The number of nitrogens with zero attached hydrogens (tertiary/aromatic N) is 5. The van der Waals surface area contributed by atoms with Crippen LogP contribution < -0.4 is 20.9 Å². The van der Waals surface area contributed by atoms with E-state index in [0.29, 0.717) is 16.3 Å². The molecule has 0 saturated heterocycles. The second-order valence-corrected chi connectivity index (χ2v) is 6.24. The molecule has 0 saturated carbocycles. The van der Waals surface area contributed by atoms with E-state index in [-0.39, 0.29) is 18.3 Å². The molecule has 8 heteroatoms. The zero-order valence-electron chi connectivity index (χ0n) is 15.3. The summed E-state index contributed by atoms with van der Waals surface area (Å²) in [5.74, 6) is -0.105. The average molecular weight is 363 g/mol. The number of aryl methyl sites for hydroxylation is 1. The van der Waals surface area contributed by atoms with E-state index in [2.05, 4.69) is 26.0 Å². The first-order chi connectivity index (χ1) is 13.0. The van der Waals surface area contributed by atoms with E-state index in [1.165, 1.54) is 4.90 Å². The maximum absolute atomic E-state index is 12.5. The first kappa shape index (κ1) is 18.2. The van der Waals surface area contributed by atoms with Crippen molar-refractivity contribution in [3.8, 4) is 0 Å². The number of benzene rings is 2. The first-order valence-corrected chi connectivity index (χ1v) is 8.36. The first-order valence-electron chi connectivity index (χ1n) is 8.36. The third-order valence-corrected chi connectivity index (χ3v) is 4.32. The van der Waals surface area contributed by atoms with Crippen molar-refractivity contribution >= 4 is 23.3 Å². The van der Waals surface area contributed by atoms with Crippen LogP contribution in [-0.2, 0) is 4.79 Å². The number of carbonyl (C=O) groups excluding carboxylic acids is 1. The maximum atomic E-state index is 12.5. The van der Waals surface area contributed by atoms with E-state index in [4.69, 9.17) is 0 Å². The molecule has 8 nitrogen and oxygen atoms in total. The highest BCUT2D eigenvalue weighted by Gasteiger charge is 2.08. The van der Waals surface area contributed by atoms with Crippen molar-refractivity contribution in [2.24, 2.45) is 20.7 Å². The number of rotatable bonds is 4. The van der Waals surface area contributed by atoms with E-state index in [1.807, 2.05) is 32.0 Å². The van der Waals surface area contributed by atoms with Crippen molar-refractivity contribution in [3.63, 3.8) is 0 Å². The highest BCUT2D eigenvalue weighted by atomic mass is 16.3. The van der Waals surface area contributed by atoms with Gasteiger partial charge in [0, 0.05) is 18.0 Å². The van der Waals surface area contributed by atoms with Crippen molar-refractivity contribution in [1.82, 2.24) is 4.90 Å². The molecule has 0 aliphatic carbocycles. The second-order valence-electron chi connectivity index (χ2n) is 6.24. The van der Waals surface area contributed by atoms with Gasteiger partial charge in [0.2, 0.25) is 11.7 Å². The van der Waals surface area contributed by atoms with Crippen molar-refractivity contribution in [2.75, 3.05) is 18.9 Å². The lowest BCUT2D eigenvalue weighted by molar-refractivity contribution is -0.270. The van der Waals surface area contributed by atoms with E-state index in [0.717, 1.165) is 16.8 Å². The SMILES string of the molecule is Cc1cccc(NC(=O)CN(C)C([O-])=c2ccc(=C3N=NN=N3)cc2)c1C. The summed E-state index contributed by atoms with van der Waals surface area (Å²) in [6.45, 7) is 3.88. The summed E-state index contributed by atoms with van der Waals surface area (Å²) in [5.41, 5.74) is 2.85. The largest absolute Gasteiger partial charge is 0.860 e. The standard InChI is InChI=1S/C19H20N6O2/c1-12-5-4-6-16(13(12)2)20-17(26)11-25(3)19(27)15-9-7-14(8-10-15)18-21-23-24-22-18/h4-10,27H,11H2,1-3H3,(H,20,26)/p-1. The third-order valence-electron chi connectivity index (χ3n) is 4.32.